The maximum Gasteiger partial charge on any atom is 0.0484 e. The minimum absolute atomic E-state index is 0.208. The number of para-hydroxylation sites is 1. The Morgan fingerprint density at radius 3 is 2.47 bits per heavy atom. The first-order valence-electron chi connectivity index (χ1n) is 6.29. The fourth-order valence-electron chi connectivity index (χ4n) is 2.20. The van der Waals surface area contributed by atoms with E-state index in [-0.39, 0.29) is 5.41 Å². The quantitative estimate of drug-likeness (QED) is 0.684. The van der Waals surface area contributed by atoms with Crippen LogP contribution in [0.15, 0.2) is 42.1 Å². The molecule has 1 heterocycles. The molecule has 0 aliphatic carbocycles. The number of allylic oxidation sites excluding steroid dienone is 2. The Bertz CT molecular complexity index is 461. The molecular weight excluding hydrogens is 206 g/mol. The van der Waals surface area contributed by atoms with Crippen LogP contribution in [0.1, 0.15) is 33.3 Å². The summed E-state index contributed by atoms with van der Waals surface area (Å²) in [5.41, 5.74) is 4.13. The first-order chi connectivity index (χ1) is 8.01. The van der Waals surface area contributed by atoms with Crippen LogP contribution in [0, 0.1) is 5.41 Å². The lowest BCUT2D eigenvalue weighted by Gasteiger charge is -2.31. The maximum atomic E-state index is 2.38. The van der Waals surface area contributed by atoms with Gasteiger partial charge < -0.3 is 4.90 Å². The average molecular weight is 227 g/mol. The molecule has 0 saturated carbocycles. The highest BCUT2D eigenvalue weighted by Crippen LogP contribution is 2.32. The highest BCUT2D eigenvalue weighted by Gasteiger charge is 2.17. The summed E-state index contributed by atoms with van der Waals surface area (Å²) in [5, 5.41) is 0. The molecule has 2 rings (SSSR count). The van der Waals surface area contributed by atoms with Gasteiger partial charge in [0.1, 0.15) is 0 Å². The van der Waals surface area contributed by atoms with E-state index in [1.807, 2.05) is 0 Å². The summed E-state index contributed by atoms with van der Waals surface area (Å²) in [4.78, 5) is 2.38. The molecule has 1 heteroatoms. The summed E-state index contributed by atoms with van der Waals surface area (Å²) in [6.07, 6.45) is 6.76. The van der Waals surface area contributed by atoms with Crippen molar-refractivity contribution in [1.29, 1.82) is 0 Å². The van der Waals surface area contributed by atoms with Gasteiger partial charge in [0.25, 0.3) is 0 Å². The largest absolute Gasteiger partial charge is 0.342 e. The Morgan fingerprint density at radius 1 is 1.12 bits per heavy atom. The molecule has 1 nitrogen and oxygen atoms in total. The molecule has 0 aromatic heterocycles. The van der Waals surface area contributed by atoms with Crippen molar-refractivity contribution in [2.75, 3.05) is 11.4 Å². The fourth-order valence-corrected chi connectivity index (χ4v) is 2.20. The van der Waals surface area contributed by atoms with Crippen molar-refractivity contribution in [3.63, 3.8) is 0 Å². The van der Waals surface area contributed by atoms with Crippen molar-refractivity contribution < 1.29 is 0 Å². The number of anilines is 1. The van der Waals surface area contributed by atoms with Gasteiger partial charge in [-0.2, -0.15) is 0 Å². The van der Waals surface area contributed by atoms with Gasteiger partial charge in [0.15, 0.2) is 0 Å². The van der Waals surface area contributed by atoms with E-state index in [1.165, 1.54) is 16.9 Å². The van der Waals surface area contributed by atoms with Crippen LogP contribution in [0.4, 0.5) is 5.69 Å². The molecule has 1 aliphatic rings. The van der Waals surface area contributed by atoms with Gasteiger partial charge in [-0.3, -0.25) is 0 Å². The van der Waals surface area contributed by atoms with E-state index in [4.69, 9.17) is 0 Å². The van der Waals surface area contributed by atoms with E-state index in [0.717, 1.165) is 6.54 Å². The first-order valence-corrected chi connectivity index (χ1v) is 6.29. The van der Waals surface area contributed by atoms with Crippen molar-refractivity contribution in [3.05, 3.63) is 47.7 Å². The highest BCUT2D eigenvalue weighted by atomic mass is 15.1. The van der Waals surface area contributed by atoms with Crippen molar-refractivity contribution in [2.24, 2.45) is 5.41 Å². The third-order valence-electron chi connectivity index (χ3n) is 2.87. The lowest BCUT2D eigenvalue weighted by Crippen LogP contribution is -2.25. The molecule has 0 amide bonds. The highest BCUT2D eigenvalue weighted by molar-refractivity contribution is 5.76. The number of hydrogen-bond donors (Lipinski definition) is 0. The molecular formula is C16H21N. The molecule has 0 unspecified atom stereocenters. The first kappa shape index (κ1) is 12.0. The summed E-state index contributed by atoms with van der Waals surface area (Å²) in [6.45, 7) is 9.92. The smallest absolute Gasteiger partial charge is 0.0484 e. The number of benzene rings is 1. The van der Waals surface area contributed by atoms with Crippen molar-refractivity contribution >= 4 is 11.8 Å². The molecule has 0 radical (unpaired) electrons. The van der Waals surface area contributed by atoms with E-state index >= 15 is 0 Å². The number of hydrogen-bond acceptors (Lipinski definition) is 1. The van der Waals surface area contributed by atoms with Gasteiger partial charge in [-0.25, -0.2) is 0 Å². The molecule has 0 spiro atoms. The summed E-state index contributed by atoms with van der Waals surface area (Å²) < 4.78 is 0. The number of fused-ring (bicyclic) bond motifs is 1. The van der Waals surface area contributed by atoms with Gasteiger partial charge in [-0.15, -0.1) is 0 Å². The van der Waals surface area contributed by atoms with Gasteiger partial charge in [0.05, 0.1) is 0 Å². The van der Waals surface area contributed by atoms with Gasteiger partial charge in [0.2, 0.25) is 0 Å². The molecule has 0 saturated heterocycles. The molecule has 1 aromatic rings. The van der Waals surface area contributed by atoms with Gasteiger partial charge >= 0.3 is 0 Å². The van der Waals surface area contributed by atoms with E-state index in [9.17, 15) is 0 Å². The van der Waals surface area contributed by atoms with Crippen LogP contribution < -0.4 is 4.90 Å². The van der Waals surface area contributed by atoms with Crippen LogP contribution in [-0.2, 0) is 0 Å². The van der Waals surface area contributed by atoms with E-state index < -0.39 is 0 Å². The van der Waals surface area contributed by atoms with Crippen molar-refractivity contribution in [3.8, 4) is 0 Å². The lowest BCUT2D eigenvalue weighted by atomic mass is 9.93. The SMILES string of the molecule is CCN1/C(=C/C(C)(C)C)C=Cc2ccccc21. The Kier molecular flexibility index (Phi) is 3.10. The monoisotopic (exact) mass is 227 g/mol. The fraction of sp³-hybridized carbons (Fsp3) is 0.375. The zero-order valence-electron chi connectivity index (χ0n) is 11.2. The molecule has 0 fully saturated rings. The summed E-state index contributed by atoms with van der Waals surface area (Å²) >= 11 is 0. The lowest BCUT2D eigenvalue weighted by molar-refractivity contribution is 0.539. The molecule has 17 heavy (non-hydrogen) atoms. The van der Waals surface area contributed by atoms with Gasteiger partial charge in [0, 0.05) is 17.9 Å². The van der Waals surface area contributed by atoms with Crippen LogP contribution >= 0.6 is 0 Å². The third-order valence-corrected chi connectivity index (χ3v) is 2.87. The Morgan fingerprint density at radius 2 is 1.82 bits per heavy atom. The minimum atomic E-state index is 0.208. The number of rotatable bonds is 1. The molecule has 0 atom stereocenters. The Balaban J connectivity index is 2.46. The van der Waals surface area contributed by atoms with Crippen LogP contribution in [0.2, 0.25) is 0 Å². The summed E-state index contributed by atoms with van der Waals surface area (Å²) in [6, 6.07) is 8.56. The van der Waals surface area contributed by atoms with Crippen LogP contribution in [0.25, 0.3) is 6.08 Å². The zero-order valence-corrected chi connectivity index (χ0v) is 11.2. The topological polar surface area (TPSA) is 3.24 Å². The second kappa shape index (κ2) is 4.40. The van der Waals surface area contributed by atoms with E-state index in [2.05, 4.69) is 75.1 Å². The molecule has 0 N–H and O–H groups in total. The normalized spacial score (nSPS) is 17.4. The van der Waals surface area contributed by atoms with Crippen LogP contribution in [0.3, 0.4) is 0 Å². The Labute approximate surface area is 104 Å². The zero-order chi connectivity index (χ0) is 12.5. The van der Waals surface area contributed by atoms with Crippen LogP contribution in [0.5, 0.6) is 0 Å². The second-order valence-electron chi connectivity index (χ2n) is 5.57. The molecule has 90 valence electrons. The summed E-state index contributed by atoms with van der Waals surface area (Å²) in [7, 11) is 0. The molecule has 0 bridgehead atoms. The maximum absolute atomic E-state index is 2.38. The van der Waals surface area contributed by atoms with E-state index in [0.29, 0.717) is 0 Å². The number of likely N-dealkylation sites (N-methyl/N-ethyl adjacent to an activating group) is 1. The minimum Gasteiger partial charge on any atom is -0.342 e. The average Bonchev–Trinajstić information content (AvgIpc) is 2.27. The predicted octanol–water partition coefficient (Wildman–Crippen LogP) is 4.47. The summed E-state index contributed by atoms with van der Waals surface area (Å²) in [5.74, 6) is 0. The van der Waals surface area contributed by atoms with Crippen molar-refractivity contribution in [2.45, 2.75) is 27.7 Å². The standard InChI is InChI=1S/C16H21N/c1-5-17-14(12-16(2,3)4)11-10-13-8-6-7-9-15(13)17/h6-12H,5H2,1-4H3/b14-12+. The van der Waals surface area contributed by atoms with Gasteiger partial charge in [-0.1, -0.05) is 51.1 Å². The predicted molar refractivity (Wildman–Crippen MR) is 76.0 cm³/mol. The molecule has 1 aromatic carbocycles. The Hall–Kier alpha value is -1.50. The number of nitrogens with zero attached hydrogens (tertiary/aromatic N) is 1. The third kappa shape index (κ3) is 2.60. The van der Waals surface area contributed by atoms with Crippen LogP contribution in [-0.4, -0.2) is 6.54 Å². The molecule has 1 aliphatic heterocycles. The van der Waals surface area contributed by atoms with Crippen molar-refractivity contribution in [1.82, 2.24) is 0 Å². The van der Waals surface area contributed by atoms with Gasteiger partial charge in [-0.05, 0) is 30.0 Å². The van der Waals surface area contributed by atoms with E-state index in [1.54, 1.807) is 0 Å². The second-order valence-corrected chi connectivity index (χ2v) is 5.57.